The zero-order valence-electron chi connectivity index (χ0n) is 12.1. The largest absolute Gasteiger partial charge is 0.490 e. The van der Waals surface area contributed by atoms with E-state index in [0.717, 1.165) is 5.69 Å². The molecule has 2 aromatic rings. The van der Waals surface area contributed by atoms with Crippen molar-refractivity contribution in [3.05, 3.63) is 47.1 Å². The molecule has 1 aromatic heterocycles. The first-order chi connectivity index (χ1) is 11.3. The van der Waals surface area contributed by atoms with Gasteiger partial charge >= 0.3 is 0 Å². The molecule has 7 nitrogen and oxygen atoms in total. The van der Waals surface area contributed by atoms with Crippen molar-refractivity contribution in [2.75, 3.05) is 25.3 Å². The van der Waals surface area contributed by atoms with Crippen LogP contribution in [0, 0.1) is 0 Å². The number of aliphatic hydroxyl groups is 1. The first-order valence-corrected chi connectivity index (χ1v) is 7.35. The Morgan fingerprint density at radius 3 is 2.83 bits per heavy atom. The smallest absolute Gasteiger partial charge is 0.188 e. The van der Waals surface area contributed by atoms with Gasteiger partial charge in [0.15, 0.2) is 12.6 Å². The molecule has 0 bridgehead atoms. The van der Waals surface area contributed by atoms with Gasteiger partial charge in [-0.1, -0.05) is 16.8 Å². The summed E-state index contributed by atoms with van der Waals surface area (Å²) >= 11 is 5.90. The predicted octanol–water partition coefficient (Wildman–Crippen LogP) is 2.09. The number of benzene rings is 1. The molecule has 1 aromatic carbocycles. The van der Waals surface area contributed by atoms with Crippen LogP contribution in [0.5, 0.6) is 5.75 Å². The van der Waals surface area contributed by atoms with Crippen LogP contribution in [-0.2, 0) is 4.84 Å². The molecule has 1 aliphatic rings. The van der Waals surface area contributed by atoms with Crippen LogP contribution in [0.2, 0.25) is 5.02 Å². The zero-order chi connectivity index (χ0) is 16.1. The number of rotatable bonds is 6. The number of hydrogen-bond acceptors (Lipinski definition) is 7. The summed E-state index contributed by atoms with van der Waals surface area (Å²) in [6, 6.07) is 8.96. The maximum atomic E-state index is 8.97. The van der Waals surface area contributed by atoms with E-state index in [9.17, 15) is 0 Å². The van der Waals surface area contributed by atoms with Gasteiger partial charge in [0.1, 0.15) is 23.7 Å². The molecule has 3 rings (SSSR count). The summed E-state index contributed by atoms with van der Waals surface area (Å²) in [6.45, 7) is 0.369. The summed E-state index contributed by atoms with van der Waals surface area (Å²) in [5.74, 6) is 1.62. The van der Waals surface area contributed by atoms with Gasteiger partial charge in [0.25, 0.3) is 0 Å². The van der Waals surface area contributed by atoms with Crippen molar-refractivity contribution >= 4 is 28.9 Å². The molecule has 0 saturated heterocycles. The lowest BCUT2D eigenvalue weighted by atomic mass is 10.2. The normalized spacial score (nSPS) is 13.0. The number of ether oxygens (including phenoxy) is 1. The predicted molar refractivity (Wildman–Crippen MR) is 87.2 cm³/mol. The van der Waals surface area contributed by atoms with Crippen molar-refractivity contribution in [3.63, 3.8) is 0 Å². The number of aromatic nitrogens is 1. The van der Waals surface area contributed by atoms with E-state index in [1.165, 1.54) is 0 Å². The molecular weight excluding hydrogens is 320 g/mol. The minimum absolute atomic E-state index is 0.0852. The number of hydrogen-bond donors (Lipinski definition) is 3. The van der Waals surface area contributed by atoms with Gasteiger partial charge in [-0.15, -0.1) is 0 Å². The lowest BCUT2D eigenvalue weighted by Gasteiger charge is -2.15. The zero-order valence-corrected chi connectivity index (χ0v) is 12.9. The molecule has 0 amide bonds. The summed E-state index contributed by atoms with van der Waals surface area (Å²) in [5.41, 5.74) is 1.45. The summed E-state index contributed by atoms with van der Waals surface area (Å²) in [5, 5.41) is 19.8. The van der Waals surface area contributed by atoms with E-state index in [4.69, 9.17) is 26.3 Å². The Hall–Kier alpha value is -2.51. The number of anilines is 2. The van der Waals surface area contributed by atoms with Gasteiger partial charge in [-0.05, 0) is 30.3 Å². The van der Waals surface area contributed by atoms with Crippen molar-refractivity contribution in [3.8, 4) is 5.75 Å². The van der Waals surface area contributed by atoms with Crippen LogP contribution < -0.4 is 15.4 Å². The van der Waals surface area contributed by atoms with Crippen LogP contribution in [0.4, 0.5) is 11.5 Å². The Morgan fingerprint density at radius 1 is 1.30 bits per heavy atom. The number of amidine groups is 1. The third-order valence-electron chi connectivity index (χ3n) is 3.07. The molecule has 0 aliphatic carbocycles. The molecule has 0 radical (unpaired) electrons. The maximum absolute atomic E-state index is 8.97. The fourth-order valence-corrected chi connectivity index (χ4v) is 2.20. The summed E-state index contributed by atoms with van der Waals surface area (Å²) < 4.78 is 5.57. The first kappa shape index (κ1) is 15.4. The highest BCUT2D eigenvalue weighted by atomic mass is 35.5. The van der Waals surface area contributed by atoms with Gasteiger partial charge in [-0.2, -0.15) is 0 Å². The third kappa shape index (κ3) is 3.64. The highest BCUT2D eigenvalue weighted by molar-refractivity contribution is 6.30. The SMILES string of the molecule is OCCOc1ccnc(Nc2ccc(Cl)cc2)c1C1=NOCN1. The topological polar surface area (TPSA) is 88.0 Å². The van der Waals surface area contributed by atoms with Crippen molar-refractivity contribution in [1.82, 2.24) is 10.3 Å². The average molecular weight is 335 g/mol. The van der Waals surface area contributed by atoms with Crippen LogP contribution in [-0.4, -0.2) is 35.9 Å². The second-order valence-corrected chi connectivity index (χ2v) is 5.06. The monoisotopic (exact) mass is 334 g/mol. The fourth-order valence-electron chi connectivity index (χ4n) is 2.08. The molecule has 0 atom stereocenters. The van der Waals surface area contributed by atoms with E-state index in [2.05, 4.69) is 20.8 Å². The fraction of sp³-hybridized carbons (Fsp3) is 0.200. The summed E-state index contributed by atoms with van der Waals surface area (Å²) in [7, 11) is 0. The summed E-state index contributed by atoms with van der Waals surface area (Å²) in [6.07, 6.45) is 1.62. The highest BCUT2D eigenvalue weighted by Crippen LogP contribution is 2.28. The number of nitrogens with zero attached hydrogens (tertiary/aromatic N) is 2. The number of oxime groups is 1. The Labute approximate surface area is 137 Å². The Balaban J connectivity index is 1.95. The molecule has 0 spiro atoms. The van der Waals surface area contributed by atoms with Crippen molar-refractivity contribution in [1.29, 1.82) is 0 Å². The lowest BCUT2D eigenvalue weighted by Crippen LogP contribution is -2.22. The minimum Gasteiger partial charge on any atom is -0.490 e. The van der Waals surface area contributed by atoms with Crippen LogP contribution >= 0.6 is 11.6 Å². The van der Waals surface area contributed by atoms with Crippen LogP contribution in [0.1, 0.15) is 5.56 Å². The van der Waals surface area contributed by atoms with Gasteiger partial charge in [0.2, 0.25) is 0 Å². The number of aliphatic hydroxyl groups excluding tert-OH is 1. The van der Waals surface area contributed by atoms with E-state index in [-0.39, 0.29) is 19.9 Å². The molecule has 1 aliphatic heterocycles. The van der Waals surface area contributed by atoms with Gasteiger partial charge in [-0.25, -0.2) is 4.98 Å². The van der Waals surface area contributed by atoms with Crippen LogP contribution in [0.3, 0.4) is 0 Å². The lowest BCUT2D eigenvalue weighted by molar-refractivity contribution is 0.164. The average Bonchev–Trinajstić information content (AvgIpc) is 3.09. The molecule has 8 heteroatoms. The molecule has 2 heterocycles. The van der Waals surface area contributed by atoms with Gasteiger partial charge < -0.3 is 25.3 Å². The van der Waals surface area contributed by atoms with Gasteiger partial charge in [0.05, 0.1) is 6.61 Å². The van der Waals surface area contributed by atoms with Gasteiger partial charge in [0, 0.05) is 16.9 Å². The third-order valence-corrected chi connectivity index (χ3v) is 3.32. The van der Waals surface area contributed by atoms with Crippen LogP contribution in [0.15, 0.2) is 41.7 Å². The molecule has 0 unspecified atom stereocenters. The summed E-state index contributed by atoms with van der Waals surface area (Å²) in [4.78, 5) is 9.34. The Morgan fingerprint density at radius 2 is 2.13 bits per heavy atom. The van der Waals surface area contributed by atoms with E-state index in [0.29, 0.717) is 28.0 Å². The molecule has 23 heavy (non-hydrogen) atoms. The number of nitrogens with one attached hydrogen (secondary N) is 2. The maximum Gasteiger partial charge on any atom is 0.188 e. The molecule has 3 N–H and O–H groups in total. The highest BCUT2D eigenvalue weighted by Gasteiger charge is 2.21. The molecule has 120 valence electrons. The molecular formula is C15H15ClN4O3. The first-order valence-electron chi connectivity index (χ1n) is 6.97. The van der Waals surface area contributed by atoms with E-state index < -0.39 is 0 Å². The van der Waals surface area contributed by atoms with Crippen molar-refractivity contribution in [2.45, 2.75) is 0 Å². The quantitative estimate of drug-likeness (QED) is 0.749. The number of pyridine rings is 1. The van der Waals surface area contributed by atoms with Crippen LogP contribution in [0.25, 0.3) is 0 Å². The van der Waals surface area contributed by atoms with E-state index in [1.54, 1.807) is 24.4 Å². The van der Waals surface area contributed by atoms with Crippen molar-refractivity contribution < 1.29 is 14.7 Å². The molecule has 0 fully saturated rings. The van der Waals surface area contributed by atoms with Gasteiger partial charge in [-0.3, -0.25) is 0 Å². The molecule has 0 saturated carbocycles. The minimum atomic E-state index is -0.0852. The van der Waals surface area contributed by atoms with Crippen molar-refractivity contribution in [2.24, 2.45) is 5.16 Å². The Bertz CT molecular complexity index is 706. The second-order valence-electron chi connectivity index (χ2n) is 4.63. The second kappa shape index (κ2) is 7.17. The standard InChI is InChI=1S/C15H15ClN4O3/c16-10-1-3-11(4-2-10)19-14-13(15-18-9-23-20-15)12(5-6-17-14)22-8-7-21/h1-6,21H,7-9H2,(H,17,19)(H,18,20). The number of halogens is 1. The Kier molecular flexibility index (Phi) is 4.80. The van der Waals surface area contributed by atoms with E-state index in [1.807, 2.05) is 12.1 Å². The van der Waals surface area contributed by atoms with E-state index >= 15 is 0 Å².